The average molecular weight is 568 g/mol. The van der Waals surface area contributed by atoms with Gasteiger partial charge in [-0.1, -0.05) is 81.1 Å². The molecule has 0 saturated heterocycles. The topological polar surface area (TPSA) is 3.24 Å². The number of hydrogen-bond donors (Lipinski definition) is 0. The van der Waals surface area contributed by atoms with E-state index >= 15 is 0 Å². The van der Waals surface area contributed by atoms with E-state index in [0.29, 0.717) is 37.7 Å². The van der Waals surface area contributed by atoms with Gasteiger partial charge in [-0.2, -0.15) is 26.3 Å². The van der Waals surface area contributed by atoms with Gasteiger partial charge in [0.1, 0.15) is 0 Å². The van der Waals surface area contributed by atoms with Gasteiger partial charge in [-0.05, 0) is 87.1 Å². The Bertz CT molecular complexity index is 1030. The molecule has 1 nitrogen and oxygen atoms in total. The molecule has 0 amide bonds. The monoisotopic (exact) mass is 567 g/mol. The average Bonchev–Trinajstić information content (AvgIpc) is 3.61. The summed E-state index contributed by atoms with van der Waals surface area (Å²) in [7, 11) is 0. The largest absolute Gasteiger partial charge is 0.398 e. The predicted molar refractivity (Wildman–Crippen MR) is 149 cm³/mol. The van der Waals surface area contributed by atoms with Crippen molar-refractivity contribution in [3.05, 3.63) is 70.8 Å². The van der Waals surface area contributed by atoms with Crippen LogP contribution in [0, 0.1) is 0 Å². The van der Waals surface area contributed by atoms with Crippen molar-refractivity contribution in [3.63, 3.8) is 0 Å². The molecule has 0 aliphatic heterocycles. The molecule has 1 unspecified atom stereocenters. The van der Waals surface area contributed by atoms with E-state index in [1.807, 2.05) is 18.2 Å². The Morgan fingerprint density at radius 3 is 1.65 bits per heavy atom. The molecule has 4 rings (SSSR count). The van der Waals surface area contributed by atoms with Gasteiger partial charge in [-0.3, -0.25) is 0 Å². The van der Waals surface area contributed by atoms with E-state index in [2.05, 4.69) is 30.9 Å². The second-order valence-corrected chi connectivity index (χ2v) is 12.1. The molecule has 2 aliphatic carbocycles. The van der Waals surface area contributed by atoms with Crippen molar-refractivity contribution in [2.24, 2.45) is 0 Å². The summed E-state index contributed by atoms with van der Waals surface area (Å²) < 4.78 is 88.7. The number of alkyl halides is 6. The fourth-order valence-corrected chi connectivity index (χ4v) is 7.41. The Morgan fingerprint density at radius 1 is 0.700 bits per heavy atom. The van der Waals surface area contributed by atoms with Gasteiger partial charge < -0.3 is 4.90 Å². The zero-order valence-electron chi connectivity index (χ0n) is 23.8. The molecule has 2 aromatic rings. The number of rotatable bonds is 11. The molecule has 222 valence electrons. The molecule has 40 heavy (non-hydrogen) atoms. The predicted octanol–water partition coefficient (Wildman–Crippen LogP) is 9.71. The van der Waals surface area contributed by atoms with Crippen molar-refractivity contribution >= 4 is 0 Å². The summed E-state index contributed by atoms with van der Waals surface area (Å²) in [5.41, 5.74) is -2.40. The number of halogens is 6. The van der Waals surface area contributed by atoms with Crippen LogP contribution in [0.5, 0.6) is 0 Å². The van der Waals surface area contributed by atoms with Crippen LogP contribution in [-0.2, 0) is 23.7 Å². The van der Waals surface area contributed by atoms with Crippen LogP contribution in [0.3, 0.4) is 0 Å². The van der Waals surface area contributed by atoms with Crippen LogP contribution in [0.15, 0.2) is 48.5 Å². The second kappa shape index (κ2) is 12.5. The van der Waals surface area contributed by atoms with Crippen LogP contribution < -0.4 is 0 Å². The zero-order valence-corrected chi connectivity index (χ0v) is 23.8. The molecule has 0 aromatic heterocycles. The highest BCUT2D eigenvalue weighted by Gasteiger charge is 2.60. The molecule has 7 heteroatoms. The number of nitrogens with zero attached hydrogens (tertiary/aromatic N) is 1. The van der Waals surface area contributed by atoms with E-state index in [0.717, 1.165) is 25.9 Å². The molecule has 0 radical (unpaired) electrons. The molecule has 2 fully saturated rings. The van der Waals surface area contributed by atoms with E-state index in [1.54, 1.807) is 0 Å². The number of hydrogen-bond acceptors (Lipinski definition) is 1. The van der Waals surface area contributed by atoms with Gasteiger partial charge in [-0.15, -0.1) is 0 Å². The van der Waals surface area contributed by atoms with Gasteiger partial charge in [-0.25, -0.2) is 0 Å². The minimum Gasteiger partial charge on any atom is -0.300 e. The van der Waals surface area contributed by atoms with Crippen LogP contribution >= 0.6 is 0 Å². The maximum absolute atomic E-state index is 14.8. The first-order valence-corrected chi connectivity index (χ1v) is 15.0. The van der Waals surface area contributed by atoms with Crippen LogP contribution in [-0.4, -0.2) is 36.4 Å². The zero-order chi connectivity index (χ0) is 29.0. The fraction of sp³-hybridized carbons (Fsp3) is 0.636. The lowest BCUT2D eigenvalue weighted by Gasteiger charge is -2.39. The van der Waals surface area contributed by atoms with Crippen molar-refractivity contribution in [2.45, 2.75) is 120 Å². The third-order valence-corrected chi connectivity index (χ3v) is 9.68. The van der Waals surface area contributed by atoms with Gasteiger partial charge >= 0.3 is 12.4 Å². The molecule has 0 heterocycles. The lowest BCUT2D eigenvalue weighted by molar-refractivity contribution is -0.191. The van der Waals surface area contributed by atoms with E-state index in [9.17, 15) is 26.3 Å². The standard InChI is InChI=1S/C33H43F6N/c1-3-23-40(24-18-26-12-5-4-6-13-26)25(2)16-17-27-28(30(32(34,35)36)19-7-8-20-30)14-11-15-29(27)31(33(37,38)39)21-9-10-22-31/h4-6,11-15,25H,3,7-10,16-24H2,1-2H3. The smallest absolute Gasteiger partial charge is 0.300 e. The fourth-order valence-electron chi connectivity index (χ4n) is 7.41. The summed E-state index contributed by atoms with van der Waals surface area (Å²) in [6.45, 7) is 5.79. The highest BCUT2D eigenvalue weighted by Crippen LogP contribution is 2.57. The quantitative estimate of drug-likeness (QED) is 0.244. The Labute approximate surface area is 235 Å². The van der Waals surface area contributed by atoms with Gasteiger partial charge in [0.25, 0.3) is 0 Å². The summed E-state index contributed by atoms with van der Waals surface area (Å²) >= 11 is 0. The summed E-state index contributed by atoms with van der Waals surface area (Å²) in [6.07, 6.45) is -4.97. The Morgan fingerprint density at radius 2 is 1.20 bits per heavy atom. The third kappa shape index (κ3) is 6.10. The summed E-state index contributed by atoms with van der Waals surface area (Å²) in [5.74, 6) is 0. The Kier molecular flexibility index (Phi) is 9.64. The van der Waals surface area contributed by atoms with E-state index in [1.165, 1.54) is 23.8 Å². The van der Waals surface area contributed by atoms with E-state index < -0.39 is 23.2 Å². The summed E-state index contributed by atoms with van der Waals surface area (Å²) in [5, 5.41) is 0. The lowest BCUT2D eigenvalue weighted by Crippen LogP contribution is -2.44. The van der Waals surface area contributed by atoms with Gasteiger partial charge in [0.2, 0.25) is 0 Å². The minimum absolute atomic E-state index is 0.0281. The van der Waals surface area contributed by atoms with Crippen LogP contribution in [0.4, 0.5) is 26.3 Å². The normalized spacial score (nSPS) is 19.8. The van der Waals surface area contributed by atoms with Gasteiger partial charge in [0.15, 0.2) is 0 Å². The van der Waals surface area contributed by atoms with Crippen LogP contribution in [0.1, 0.15) is 100 Å². The van der Waals surface area contributed by atoms with Crippen molar-refractivity contribution in [1.29, 1.82) is 0 Å². The molecule has 0 spiro atoms. The first-order chi connectivity index (χ1) is 19.0. The highest BCUT2D eigenvalue weighted by molar-refractivity contribution is 5.47. The van der Waals surface area contributed by atoms with Crippen molar-refractivity contribution in [1.82, 2.24) is 4.90 Å². The summed E-state index contributed by atoms with van der Waals surface area (Å²) in [6, 6.07) is 14.6. The maximum atomic E-state index is 14.8. The molecule has 0 bridgehead atoms. The van der Waals surface area contributed by atoms with Crippen molar-refractivity contribution < 1.29 is 26.3 Å². The number of benzene rings is 2. The Hall–Kier alpha value is -2.02. The highest BCUT2D eigenvalue weighted by atomic mass is 19.4. The molecular weight excluding hydrogens is 524 g/mol. The summed E-state index contributed by atoms with van der Waals surface area (Å²) in [4.78, 5) is 2.33. The van der Waals surface area contributed by atoms with Gasteiger partial charge in [0, 0.05) is 12.6 Å². The second-order valence-electron chi connectivity index (χ2n) is 12.1. The molecule has 2 aliphatic rings. The van der Waals surface area contributed by atoms with Crippen LogP contribution in [0.2, 0.25) is 0 Å². The van der Waals surface area contributed by atoms with Gasteiger partial charge in [0.05, 0.1) is 10.8 Å². The van der Waals surface area contributed by atoms with Crippen molar-refractivity contribution in [3.8, 4) is 0 Å². The Balaban J connectivity index is 1.71. The molecular formula is C33H43F6N. The SMILES string of the molecule is CCCN(CCc1ccccc1)C(C)CCc1c(C2(C(F)(F)F)CCCC2)cccc1C1(C(F)(F)F)CCCC1. The minimum atomic E-state index is -4.51. The van der Waals surface area contributed by atoms with Crippen molar-refractivity contribution in [2.75, 3.05) is 13.1 Å². The molecule has 2 aromatic carbocycles. The van der Waals surface area contributed by atoms with E-state index in [4.69, 9.17) is 0 Å². The molecule has 2 saturated carbocycles. The van der Waals surface area contributed by atoms with Crippen LogP contribution in [0.25, 0.3) is 0 Å². The molecule has 1 atom stereocenters. The third-order valence-electron chi connectivity index (χ3n) is 9.68. The van der Waals surface area contributed by atoms with E-state index in [-0.39, 0.29) is 49.3 Å². The lowest BCUT2D eigenvalue weighted by atomic mass is 9.68. The molecule has 0 N–H and O–H groups in total. The first-order valence-electron chi connectivity index (χ1n) is 15.0. The first kappa shape index (κ1) is 30.9. The maximum Gasteiger partial charge on any atom is 0.398 e.